The molecule has 7 nitrogen and oxygen atoms in total. The minimum atomic E-state index is -0.304. The zero-order chi connectivity index (χ0) is 21.8. The van der Waals surface area contributed by atoms with E-state index in [1.165, 1.54) is 4.90 Å². The number of ether oxygens (including phenoxy) is 1. The van der Waals surface area contributed by atoms with Crippen LogP contribution in [0.15, 0.2) is 46.9 Å². The molecule has 3 amide bonds. The second-order valence-electron chi connectivity index (χ2n) is 7.60. The second kappa shape index (κ2) is 9.62. The van der Waals surface area contributed by atoms with Gasteiger partial charge in [-0.2, -0.15) is 0 Å². The SMILES string of the molecule is O=C(CCCN1C(=O)c2ccc(Br)cc2C1=O)NCc1ccc(N2CCOCC2)cc1. The van der Waals surface area contributed by atoms with Crippen LogP contribution in [0.3, 0.4) is 0 Å². The summed E-state index contributed by atoms with van der Waals surface area (Å²) in [5.41, 5.74) is 3.00. The van der Waals surface area contributed by atoms with Crippen LogP contribution in [0.4, 0.5) is 5.69 Å². The Kier molecular flexibility index (Phi) is 6.67. The van der Waals surface area contributed by atoms with Crippen molar-refractivity contribution in [2.45, 2.75) is 19.4 Å². The van der Waals surface area contributed by atoms with E-state index in [-0.39, 0.29) is 30.7 Å². The standard InChI is InChI=1S/C23H24BrN3O4/c24-17-5-8-19-20(14-17)23(30)27(22(19)29)9-1-2-21(28)25-15-16-3-6-18(7-4-16)26-10-12-31-13-11-26/h3-8,14H,1-2,9-13,15H2,(H,25,28). The van der Waals surface area contributed by atoms with Crippen LogP contribution in [-0.4, -0.2) is 55.5 Å². The third kappa shape index (κ3) is 4.97. The van der Waals surface area contributed by atoms with Crippen molar-refractivity contribution in [1.82, 2.24) is 10.2 Å². The number of benzene rings is 2. The molecule has 8 heteroatoms. The van der Waals surface area contributed by atoms with E-state index < -0.39 is 0 Å². The van der Waals surface area contributed by atoms with E-state index >= 15 is 0 Å². The van der Waals surface area contributed by atoms with Crippen LogP contribution in [0.5, 0.6) is 0 Å². The van der Waals surface area contributed by atoms with E-state index in [1.54, 1.807) is 18.2 Å². The lowest BCUT2D eigenvalue weighted by Crippen LogP contribution is -2.36. The number of fused-ring (bicyclic) bond motifs is 1. The Labute approximate surface area is 189 Å². The molecule has 1 N–H and O–H groups in total. The molecule has 0 radical (unpaired) electrons. The zero-order valence-corrected chi connectivity index (χ0v) is 18.7. The fourth-order valence-electron chi connectivity index (χ4n) is 3.80. The maximum absolute atomic E-state index is 12.5. The Morgan fingerprint density at radius 1 is 1.00 bits per heavy atom. The number of carbonyl (C=O) groups is 3. The smallest absolute Gasteiger partial charge is 0.261 e. The normalized spacial score (nSPS) is 15.9. The molecule has 2 aliphatic rings. The average Bonchev–Trinajstić information content (AvgIpc) is 3.03. The number of nitrogens with one attached hydrogen (secondary N) is 1. The van der Waals surface area contributed by atoms with E-state index in [9.17, 15) is 14.4 Å². The molecule has 162 valence electrons. The molecule has 2 aliphatic heterocycles. The highest BCUT2D eigenvalue weighted by atomic mass is 79.9. The Morgan fingerprint density at radius 3 is 2.45 bits per heavy atom. The second-order valence-corrected chi connectivity index (χ2v) is 8.51. The molecule has 2 aromatic carbocycles. The van der Waals surface area contributed by atoms with Crippen LogP contribution in [0, 0.1) is 0 Å². The van der Waals surface area contributed by atoms with Crippen molar-refractivity contribution in [2.75, 3.05) is 37.7 Å². The Hall–Kier alpha value is -2.71. The first kappa shape index (κ1) is 21.5. The van der Waals surface area contributed by atoms with Crippen LogP contribution in [-0.2, 0) is 16.1 Å². The van der Waals surface area contributed by atoms with E-state index in [1.807, 2.05) is 12.1 Å². The van der Waals surface area contributed by atoms with Crippen LogP contribution in [0.1, 0.15) is 39.1 Å². The van der Waals surface area contributed by atoms with Crippen LogP contribution in [0.25, 0.3) is 0 Å². The number of hydrogen-bond acceptors (Lipinski definition) is 5. The van der Waals surface area contributed by atoms with Gasteiger partial charge in [-0.25, -0.2) is 0 Å². The number of imide groups is 1. The highest BCUT2D eigenvalue weighted by Crippen LogP contribution is 2.26. The molecule has 0 unspecified atom stereocenters. The van der Waals surface area contributed by atoms with Crippen molar-refractivity contribution in [2.24, 2.45) is 0 Å². The zero-order valence-electron chi connectivity index (χ0n) is 17.1. The largest absolute Gasteiger partial charge is 0.378 e. The van der Waals surface area contributed by atoms with Gasteiger partial charge in [0.05, 0.1) is 24.3 Å². The van der Waals surface area contributed by atoms with Gasteiger partial charge < -0.3 is 15.0 Å². The van der Waals surface area contributed by atoms with Crippen molar-refractivity contribution in [3.63, 3.8) is 0 Å². The molecule has 0 bridgehead atoms. The van der Waals surface area contributed by atoms with Crippen LogP contribution >= 0.6 is 15.9 Å². The van der Waals surface area contributed by atoms with Gasteiger partial charge in [0.2, 0.25) is 5.91 Å². The summed E-state index contributed by atoms with van der Waals surface area (Å²) < 4.78 is 6.13. The Bertz CT molecular complexity index is 987. The third-order valence-electron chi connectivity index (χ3n) is 5.52. The Balaban J connectivity index is 1.21. The lowest BCUT2D eigenvalue weighted by Gasteiger charge is -2.28. The first-order valence-corrected chi connectivity index (χ1v) is 11.2. The number of nitrogens with zero attached hydrogens (tertiary/aromatic N) is 2. The molecule has 1 fully saturated rings. The van der Waals surface area contributed by atoms with Gasteiger partial charge in [-0.05, 0) is 42.3 Å². The predicted molar refractivity (Wildman–Crippen MR) is 120 cm³/mol. The molecule has 0 aliphatic carbocycles. The summed E-state index contributed by atoms with van der Waals surface area (Å²) in [6.45, 7) is 3.95. The molecule has 0 atom stereocenters. The maximum atomic E-state index is 12.5. The highest BCUT2D eigenvalue weighted by molar-refractivity contribution is 9.10. The first-order chi connectivity index (χ1) is 15.0. The lowest BCUT2D eigenvalue weighted by molar-refractivity contribution is -0.121. The summed E-state index contributed by atoms with van der Waals surface area (Å²) in [4.78, 5) is 40.6. The minimum Gasteiger partial charge on any atom is -0.378 e. The number of halogens is 1. The van der Waals surface area contributed by atoms with E-state index in [2.05, 4.69) is 38.3 Å². The van der Waals surface area contributed by atoms with Crippen molar-refractivity contribution >= 4 is 39.3 Å². The van der Waals surface area contributed by atoms with Gasteiger partial charge in [0.25, 0.3) is 11.8 Å². The summed E-state index contributed by atoms with van der Waals surface area (Å²) in [5, 5.41) is 2.90. The predicted octanol–water partition coefficient (Wildman–Crippen LogP) is 2.98. The molecular formula is C23H24BrN3O4. The fraction of sp³-hybridized carbons (Fsp3) is 0.348. The van der Waals surface area contributed by atoms with Gasteiger partial charge in [0.1, 0.15) is 0 Å². The van der Waals surface area contributed by atoms with Crippen molar-refractivity contribution < 1.29 is 19.1 Å². The number of anilines is 1. The molecule has 1 saturated heterocycles. The van der Waals surface area contributed by atoms with Crippen molar-refractivity contribution in [3.8, 4) is 0 Å². The van der Waals surface area contributed by atoms with E-state index in [0.717, 1.165) is 42.0 Å². The van der Waals surface area contributed by atoms with Gasteiger partial charge in [-0.3, -0.25) is 19.3 Å². The third-order valence-corrected chi connectivity index (χ3v) is 6.01. The van der Waals surface area contributed by atoms with Gasteiger partial charge >= 0.3 is 0 Å². The first-order valence-electron chi connectivity index (χ1n) is 10.4. The number of morpholine rings is 1. The van der Waals surface area contributed by atoms with Crippen molar-refractivity contribution in [1.29, 1.82) is 0 Å². The maximum Gasteiger partial charge on any atom is 0.261 e. The van der Waals surface area contributed by atoms with E-state index in [0.29, 0.717) is 24.1 Å². The summed E-state index contributed by atoms with van der Waals surface area (Å²) in [5.74, 6) is -0.702. The minimum absolute atomic E-state index is 0.100. The fourth-order valence-corrected chi connectivity index (χ4v) is 4.16. The lowest BCUT2D eigenvalue weighted by atomic mass is 10.1. The number of carbonyl (C=O) groups excluding carboxylic acids is 3. The van der Waals surface area contributed by atoms with Crippen LogP contribution in [0.2, 0.25) is 0 Å². The molecule has 2 aromatic rings. The molecule has 0 aromatic heterocycles. The number of amides is 3. The van der Waals surface area contributed by atoms with Crippen LogP contribution < -0.4 is 10.2 Å². The average molecular weight is 486 g/mol. The van der Waals surface area contributed by atoms with E-state index in [4.69, 9.17) is 4.74 Å². The molecule has 4 rings (SSSR count). The highest BCUT2D eigenvalue weighted by Gasteiger charge is 2.35. The summed E-state index contributed by atoms with van der Waals surface area (Å²) in [7, 11) is 0. The quantitative estimate of drug-likeness (QED) is 0.609. The summed E-state index contributed by atoms with van der Waals surface area (Å²) in [6.07, 6.45) is 0.678. The number of hydrogen-bond donors (Lipinski definition) is 1. The van der Waals surface area contributed by atoms with Gasteiger partial charge in [-0.15, -0.1) is 0 Å². The van der Waals surface area contributed by atoms with Crippen molar-refractivity contribution in [3.05, 3.63) is 63.6 Å². The Morgan fingerprint density at radius 2 is 1.71 bits per heavy atom. The molecule has 0 saturated carbocycles. The monoisotopic (exact) mass is 485 g/mol. The van der Waals surface area contributed by atoms with Gasteiger partial charge in [-0.1, -0.05) is 28.1 Å². The summed E-state index contributed by atoms with van der Waals surface area (Å²) >= 11 is 3.32. The molecule has 0 spiro atoms. The molecular weight excluding hydrogens is 462 g/mol. The number of rotatable bonds is 7. The molecule has 2 heterocycles. The molecule has 31 heavy (non-hydrogen) atoms. The van der Waals surface area contributed by atoms with Gasteiger partial charge in [0, 0.05) is 42.8 Å². The topological polar surface area (TPSA) is 79.0 Å². The summed E-state index contributed by atoms with van der Waals surface area (Å²) in [6, 6.07) is 13.2. The van der Waals surface area contributed by atoms with Gasteiger partial charge in [0.15, 0.2) is 0 Å².